The zero-order valence-electron chi connectivity index (χ0n) is 11.4. The van der Waals surface area contributed by atoms with Gasteiger partial charge in [0.05, 0.1) is 11.4 Å². The van der Waals surface area contributed by atoms with Gasteiger partial charge < -0.3 is 0 Å². The summed E-state index contributed by atoms with van der Waals surface area (Å²) < 4.78 is 15.1. The van der Waals surface area contributed by atoms with Gasteiger partial charge in [0, 0.05) is 31.4 Å². The fourth-order valence-corrected chi connectivity index (χ4v) is 2.24. The highest BCUT2D eigenvalue weighted by Gasteiger charge is 2.11. The summed E-state index contributed by atoms with van der Waals surface area (Å²) in [6, 6.07) is 7.06. The number of aryl methyl sites for hydroxylation is 2. The van der Waals surface area contributed by atoms with Crippen molar-refractivity contribution >= 4 is 0 Å². The molecule has 102 valence electrons. The molecular formula is C15H15FN4. The molecule has 20 heavy (non-hydrogen) atoms. The molecule has 1 N–H and O–H groups in total. The van der Waals surface area contributed by atoms with E-state index in [1.165, 1.54) is 6.07 Å². The number of nitrogens with one attached hydrogen (secondary N) is 1. The van der Waals surface area contributed by atoms with Gasteiger partial charge in [0.1, 0.15) is 5.82 Å². The van der Waals surface area contributed by atoms with Gasteiger partial charge in [-0.1, -0.05) is 6.07 Å². The zero-order valence-corrected chi connectivity index (χ0v) is 11.4. The van der Waals surface area contributed by atoms with Crippen molar-refractivity contribution in [3.63, 3.8) is 0 Å². The molecule has 0 aliphatic carbocycles. The molecule has 0 aliphatic rings. The van der Waals surface area contributed by atoms with Crippen molar-refractivity contribution in [2.75, 3.05) is 0 Å². The van der Waals surface area contributed by atoms with Gasteiger partial charge in [-0.25, -0.2) is 4.39 Å². The van der Waals surface area contributed by atoms with Crippen LogP contribution in [0.5, 0.6) is 0 Å². The van der Waals surface area contributed by atoms with Crippen LogP contribution in [0.1, 0.15) is 17.0 Å². The third-order valence-electron chi connectivity index (χ3n) is 3.31. The molecule has 0 saturated heterocycles. The first-order valence-electron chi connectivity index (χ1n) is 6.41. The fraction of sp³-hybridized carbons (Fsp3) is 0.200. The molecule has 0 spiro atoms. The first-order valence-corrected chi connectivity index (χ1v) is 6.41. The number of rotatable bonds is 3. The van der Waals surface area contributed by atoms with Gasteiger partial charge in [-0.05, 0) is 36.2 Å². The number of halogens is 1. The topological polar surface area (TPSA) is 46.5 Å². The lowest BCUT2D eigenvalue weighted by Gasteiger charge is -2.03. The van der Waals surface area contributed by atoms with Gasteiger partial charge >= 0.3 is 0 Å². The molecule has 4 nitrogen and oxygen atoms in total. The maximum atomic E-state index is 13.4. The van der Waals surface area contributed by atoms with Crippen LogP contribution in [0, 0.1) is 12.7 Å². The summed E-state index contributed by atoms with van der Waals surface area (Å²) in [6.07, 6.45) is 4.39. The number of benzene rings is 1. The summed E-state index contributed by atoms with van der Waals surface area (Å²) in [5, 5.41) is 11.5. The van der Waals surface area contributed by atoms with Crippen LogP contribution in [-0.2, 0) is 13.5 Å². The molecule has 0 saturated carbocycles. The van der Waals surface area contributed by atoms with E-state index in [1.807, 2.05) is 31.6 Å². The standard InChI is InChI=1S/C15H15FN4/c1-10-7-11(3-4-14(10)16)13-9-17-18-15(13)8-12-5-6-20(2)19-12/h3-7,9H,8H2,1-2H3,(H,17,18). The van der Waals surface area contributed by atoms with E-state index >= 15 is 0 Å². The van der Waals surface area contributed by atoms with E-state index < -0.39 is 0 Å². The van der Waals surface area contributed by atoms with Crippen molar-refractivity contribution in [3.8, 4) is 11.1 Å². The summed E-state index contributed by atoms with van der Waals surface area (Å²) in [7, 11) is 1.89. The fourth-order valence-electron chi connectivity index (χ4n) is 2.24. The van der Waals surface area contributed by atoms with Crippen molar-refractivity contribution in [2.24, 2.45) is 7.05 Å². The SMILES string of the molecule is Cc1cc(-c2c[nH]nc2Cc2ccn(C)n2)ccc1F. The van der Waals surface area contributed by atoms with Gasteiger partial charge in [-0.2, -0.15) is 10.2 Å². The number of aromatic nitrogens is 4. The summed E-state index contributed by atoms with van der Waals surface area (Å²) in [5.41, 5.74) is 4.45. The Balaban J connectivity index is 1.95. The maximum Gasteiger partial charge on any atom is 0.126 e. The molecule has 0 aliphatic heterocycles. The summed E-state index contributed by atoms with van der Waals surface area (Å²) in [4.78, 5) is 0. The van der Waals surface area contributed by atoms with Crippen molar-refractivity contribution in [1.82, 2.24) is 20.0 Å². The Labute approximate surface area is 116 Å². The molecule has 0 amide bonds. The second-order valence-corrected chi connectivity index (χ2v) is 4.87. The lowest BCUT2D eigenvalue weighted by Crippen LogP contribution is -1.95. The monoisotopic (exact) mass is 270 g/mol. The Bertz CT molecular complexity index is 742. The lowest BCUT2D eigenvalue weighted by atomic mass is 10.0. The third kappa shape index (κ3) is 2.34. The normalized spacial score (nSPS) is 10.9. The molecule has 0 bridgehead atoms. The van der Waals surface area contributed by atoms with Crippen LogP contribution in [-0.4, -0.2) is 20.0 Å². The van der Waals surface area contributed by atoms with E-state index in [2.05, 4.69) is 15.3 Å². The van der Waals surface area contributed by atoms with Gasteiger partial charge in [-0.15, -0.1) is 0 Å². The van der Waals surface area contributed by atoms with Crippen molar-refractivity contribution in [1.29, 1.82) is 0 Å². The molecule has 0 radical (unpaired) electrons. The minimum absolute atomic E-state index is 0.191. The molecule has 0 unspecified atom stereocenters. The number of hydrogen-bond donors (Lipinski definition) is 1. The number of aromatic amines is 1. The molecular weight excluding hydrogens is 255 g/mol. The van der Waals surface area contributed by atoms with E-state index in [9.17, 15) is 4.39 Å². The third-order valence-corrected chi connectivity index (χ3v) is 3.31. The Hall–Kier alpha value is -2.43. The molecule has 2 aromatic heterocycles. The van der Waals surface area contributed by atoms with Gasteiger partial charge in [-0.3, -0.25) is 9.78 Å². The first-order chi connectivity index (χ1) is 9.63. The van der Waals surface area contributed by atoms with E-state index in [-0.39, 0.29) is 5.82 Å². The quantitative estimate of drug-likeness (QED) is 0.795. The first kappa shape index (κ1) is 12.6. The molecule has 0 atom stereocenters. The van der Waals surface area contributed by atoms with Gasteiger partial charge in [0.25, 0.3) is 0 Å². The Morgan fingerprint density at radius 2 is 2.15 bits per heavy atom. The highest BCUT2D eigenvalue weighted by Crippen LogP contribution is 2.25. The zero-order chi connectivity index (χ0) is 14.1. The van der Waals surface area contributed by atoms with Crippen LogP contribution in [0.3, 0.4) is 0 Å². The summed E-state index contributed by atoms with van der Waals surface area (Å²) >= 11 is 0. The average Bonchev–Trinajstić information content (AvgIpc) is 3.03. The Morgan fingerprint density at radius 1 is 1.30 bits per heavy atom. The number of H-pyrrole nitrogens is 1. The Kier molecular flexibility index (Phi) is 3.10. The van der Waals surface area contributed by atoms with Crippen molar-refractivity contribution in [2.45, 2.75) is 13.3 Å². The van der Waals surface area contributed by atoms with Crippen LogP contribution in [0.4, 0.5) is 4.39 Å². The van der Waals surface area contributed by atoms with E-state index in [4.69, 9.17) is 0 Å². The van der Waals surface area contributed by atoms with Crippen molar-refractivity contribution < 1.29 is 4.39 Å². The highest BCUT2D eigenvalue weighted by atomic mass is 19.1. The average molecular weight is 270 g/mol. The maximum absolute atomic E-state index is 13.4. The molecule has 5 heteroatoms. The minimum Gasteiger partial charge on any atom is -0.285 e. The van der Waals surface area contributed by atoms with E-state index in [1.54, 1.807) is 17.7 Å². The summed E-state index contributed by atoms with van der Waals surface area (Å²) in [6.45, 7) is 1.76. The lowest BCUT2D eigenvalue weighted by molar-refractivity contribution is 0.619. The molecule has 3 rings (SSSR count). The number of nitrogens with zero attached hydrogens (tertiary/aromatic N) is 3. The second-order valence-electron chi connectivity index (χ2n) is 4.87. The van der Waals surface area contributed by atoms with Crippen LogP contribution < -0.4 is 0 Å². The van der Waals surface area contributed by atoms with Gasteiger partial charge in [0.15, 0.2) is 0 Å². The molecule has 3 aromatic rings. The molecule has 0 fully saturated rings. The smallest absolute Gasteiger partial charge is 0.126 e. The number of hydrogen-bond acceptors (Lipinski definition) is 2. The highest BCUT2D eigenvalue weighted by molar-refractivity contribution is 5.66. The van der Waals surface area contributed by atoms with Gasteiger partial charge in [0.2, 0.25) is 0 Å². The predicted molar refractivity (Wildman–Crippen MR) is 74.7 cm³/mol. The van der Waals surface area contributed by atoms with E-state index in [0.29, 0.717) is 12.0 Å². The van der Waals surface area contributed by atoms with Crippen molar-refractivity contribution in [3.05, 3.63) is 59.4 Å². The molecule has 1 aromatic carbocycles. The minimum atomic E-state index is -0.191. The van der Waals surface area contributed by atoms with Crippen LogP contribution in [0.25, 0.3) is 11.1 Å². The Morgan fingerprint density at radius 3 is 2.85 bits per heavy atom. The van der Waals surface area contributed by atoms with Crippen LogP contribution in [0.15, 0.2) is 36.7 Å². The largest absolute Gasteiger partial charge is 0.285 e. The molecule has 2 heterocycles. The van der Waals surface area contributed by atoms with Crippen LogP contribution >= 0.6 is 0 Å². The van der Waals surface area contributed by atoms with E-state index in [0.717, 1.165) is 22.5 Å². The van der Waals surface area contributed by atoms with Crippen LogP contribution in [0.2, 0.25) is 0 Å². The predicted octanol–water partition coefficient (Wildman–Crippen LogP) is 2.85. The summed E-state index contributed by atoms with van der Waals surface area (Å²) in [5.74, 6) is -0.191. The second kappa shape index (κ2) is 4.92.